The van der Waals surface area contributed by atoms with Crippen molar-refractivity contribution in [3.63, 3.8) is 0 Å². The Morgan fingerprint density at radius 1 is 1.60 bits per heavy atom. The fourth-order valence-electron chi connectivity index (χ4n) is 1.21. The molecule has 1 rings (SSSR count). The molecule has 0 aliphatic carbocycles. The molecule has 0 saturated heterocycles. The van der Waals surface area contributed by atoms with E-state index in [2.05, 4.69) is 22.5 Å². The van der Waals surface area contributed by atoms with Gasteiger partial charge in [-0.3, -0.25) is 0 Å². The summed E-state index contributed by atoms with van der Waals surface area (Å²) in [5, 5.41) is 0. The van der Waals surface area contributed by atoms with Gasteiger partial charge in [0.2, 0.25) is 0 Å². The van der Waals surface area contributed by atoms with Gasteiger partial charge in [-0.1, -0.05) is 28.6 Å². The Labute approximate surface area is 99.3 Å². The first-order valence-corrected chi connectivity index (χ1v) is 5.62. The summed E-state index contributed by atoms with van der Waals surface area (Å²) in [6.45, 7) is 8.20. The zero-order valence-corrected chi connectivity index (χ0v) is 10.7. The lowest BCUT2D eigenvalue weighted by Crippen LogP contribution is -2.08. The van der Waals surface area contributed by atoms with Crippen LogP contribution in [-0.4, -0.2) is 6.61 Å². The Morgan fingerprint density at radius 3 is 2.80 bits per heavy atom. The van der Waals surface area contributed by atoms with E-state index < -0.39 is 0 Å². The van der Waals surface area contributed by atoms with Crippen LogP contribution in [0.2, 0.25) is 0 Å². The summed E-state index contributed by atoms with van der Waals surface area (Å²) in [5.74, 6) is 0.822. The van der Waals surface area contributed by atoms with Gasteiger partial charge < -0.3 is 10.5 Å². The third kappa shape index (κ3) is 3.68. The van der Waals surface area contributed by atoms with Crippen molar-refractivity contribution in [3.8, 4) is 5.75 Å². The Balaban J connectivity index is 2.91. The minimum Gasteiger partial charge on any atom is -0.489 e. The van der Waals surface area contributed by atoms with Gasteiger partial charge in [-0.2, -0.15) is 0 Å². The van der Waals surface area contributed by atoms with Crippen molar-refractivity contribution in [2.75, 3.05) is 6.61 Å². The second-order valence-electron chi connectivity index (χ2n) is 3.72. The molecule has 2 nitrogen and oxygen atoms in total. The van der Waals surface area contributed by atoms with Crippen molar-refractivity contribution in [1.29, 1.82) is 0 Å². The lowest BCUT2D eigenvalue weighted by molar-refractivity contribution is 0.346. The fraction of sp³-hybridized carbons (Fsp3) is 0.333. The van der Waals surface area contributed by atoms with Crippen LogP contribution in [0.5, 0.6) is 5.75 Å². The van der Waals surface area contributed by atoms with Crippen molar-refractivity contribution < 1.29 is 4.74 Å². The van der Waals surface area contributed by atoms with E-state index >= 15 is 0 Å². The molecule has 0 radical (unpaired) electrons. The van der Waals surface area contributed by atoms with Crippen LogP contribution < -0.4 is 10.5 Å². The molecule has 0 amide bonds. The van der Waals surface area contributed by atoms with Crippen LogP contribution in [0, 0.1) is 0 Å². The molecular weight excluding hydrogens is 254 g/mol. The summed E-state index contributed by atoms with van der Waals surface area (Å²) < 4.78 is 6.62. The van der Waals surface area contributed by atoms with Gasteiger partial charge in [0, 0.05) is 16.1 Å². The van der Waals surface area contributed by atoms with E-state index in [0.717, 1.165) is 21.4 Å². The Bertz CT molecular complexity index is 361. The van der Waals surface area contributed by atoms with Gasteiger partial charge in [0.15, 0.2) is 0 Å². The van der Waals surface area contributed by atoms with Crippen LogP contribution in [0.15, 0.2) is 34.8 Å². The van der Waals surface area contributed by atoms with E-state index in [1.807, 2.05) is 32.0 Å². The SMILES string of the molecule is C=C(C)COc1cc(Br)ccc1C(C)N. The van der Waals surface area contributed by atoms with E-state index in [9.17, 15) is 0 Å². The third-order valence-electron chi connectivity index (χ3n) is 1.94. The first-order valence-electron chi connectivity index (χ1n) is 4.83. The van der Waals surface area contributed by atoms with Crippen molar-refractivity contribution in [2.24, 2.45) is 5.73 Å². The van der Waals surface area contributed by atoms with Crippen molar-refractivity contribution in [2.45, 2.75) is 19.9 Å². The summed E-state index contributed by atoms with van der Waals surface area (Å²) in [6, 6.07) is 5.84. The molecule has 1 aromatic rings. The largest absolute Gasteiger partial charge is 0.489 e. The molecule has 0 aliphatic heterocycles. The zero-order chi connectivity index (χ0) is 11.4. The smallest absolute Gasteiger partial charge is 0.125 e. The summed E-state index contributed by atoms with van der Waals surface area (Å²) in [5.41, 5.74) is 7.86. The highest BCUT2D eigenvalue weighted by Gasteiger charge is 2.08. The van der Waals surface area contributed by atoms with Crippen LogP contribution in [0.3, 0.4) is 0 Å². The summed E-state index contributed by atoms with van der Waals surface area (Å²) >= 11 is 3.41. The van der Waals surface area contributed by atoms with Gasteiger partial charge in [-0.05, 0) is 31.6 Å². The minimum absolute atomic E-state index is 0.0294. The van der Waals surface area contributed by atoms with Gasteiger partial charge in [-0.15, -0.1) is 0 Å². The lowest BCUT2D eigenvalue weighted by Gasteiger charge is -2.14. The normalized spacial score (nSPS) is 12.3. The van der Waals surface area contributed by atoms with Crippen LogP contribution in [-0.2, 0) is 0 Å². The standard InChI is InChI=1S/C12H16BrNO/c1-8(2)7-15-12-6-10(13)4-5-11(12)9(3)14/h4-6,9H,1,7,14H2,2-3H3. The van der Waals surface area contributed by atoms with E-state index in [1.165, 1.54) is 0 Å². The zero-order valence-electron chi connectivity index (χ0n) is 9.09. The first-order chi connectivity index (χ1) is 7.00. The predicted molar refractivity (Wildman–Crippen MR) is 67.1 cm³/mol. The van der Waals surface area contributed by atoms with Crippen molar-refractivity contribution >= 4 is 15.9 Å². The van der Waals surface area contributed by atoms with Crippen molar-refractivity contribution in [3.05, 3.63) is 40.4 Å². The number of hydrogen-bond acceptors (Lipinski definition) is 2. The molecule has 0 aliphatic rings. The molecule has 0 saturated carbocycles. The Morgan fingerprint density at radius 2 is 2.27 bits per heavy atom. The molecule has 0 fully saturated rings. The predicted octanol–water partition coefficient (Wildman–Crippen LogP) is 3.42. The summed E-state index contributed by atoms with van der Waals surface area (Å²) in [7, 11) is 0. The number of rotatable bonds is 4. The van der Waals surface area contributed by atoms with E-state index in [0.29, 0.717) is 6.61 Å². The van der Waals surface area contributed by atoms with Crippen LogP contribution in [0.25, 0.3) is 0 Å². The van der Waals surface area contributed by atoms with Gasteiger partial charge in [0.05, 0.1) is 0 Å². The molecule has 1 unspecified atom stereocenters. The summed E-state index contributed by atoms with van der Waals surface area (Å²) in [6.07, 6.45) is 0. The lowest BCUT2D eigenvalue weighted by atomic mass is 10.1. The van der Waals surface area contributed by atoms with Crippen LogP contribution in [0.4, 0.5) is 0 Å². The quantitative estimate of drug-likeness (QED) is 0.851. The molecular formula is C12H16BrNO. The highest BCUT2D eigenvalue weighted by Crippen LogP contribution is 2.27. The van der Waals surface area contributed by atoms with Crippen molar-refractivity contribution in [1.82, 2.24) is 0 Å². The second kappa shape index (κ2) is 5.33. The maximum Gasteiger partial charge on any atom is 0.125 e. The first kappa shape index (κ1) is 12.3. The molecule has 82 valence electrons. The van der Waals surface area contributed by atoms with Crippen LogP contribution >= 0.6 is 15.9 Å². The van der Waals surface area contributed by atoms with E-state index in [-0.39, 0.29) is 6.04 Å². The third-order valence-corrected chi connectivity index (χ3v) is 2.43. The average Bonchev–Trinajstić information content (AvgIpc) is 2.14. The fourth-order valence-corrected chi connectivity index (χ4v) is 1.55. The minimum atomic E-state index is -0.0294. The number of hydrogen-bond donors (Lipinski definition) is 1. The molecule has 3 heteroatoms. The van der Waals surface area contributed by atoms with Gasteiger partial charge >= 0.3 is 0 Å². The molecule has 0 spiro atoms. The molecule has 2 N–H and O–H groups in total. The Hall–Kier alpha value is -0.800. The number of halogens is 1. The van der Waals surface area contributed by atoms with E-state index in [1.54, 1.807) is 0 Å². The number of benzene rings is 1. The average molecular weight is 270 g/mol. The second-order valence-corrected chi connectivity index (χ2v) is 4.63. The maximum absolute atomic E-state index is 5.85. The molecule has 15 heavy (non-hydrogen) atoms. The molecule has 0 aromatic heterocycles. The molecule has 0 heterocycles. The molecule has 0 bridgehead atoms. The topological polar surface area (TPSA) is 35.2 Å². The maximum atomic E-state index is 5.85. The van der Waals surface area contributed by atoms with Gasteiger partial charge in [-0.25, -0.2) is 0 Å². The molecule has 1 atom stereocenters. The number of nitrogens with two attached hydrogens (primary N) is 1. The van der Waals surface area contributed by atoms with Gasteiger partial charge in [0.1, 0.15) is 12.4 Å². The van der Waals surface area contributed by atoms with Gasteiger partial charge in [0.25, 0.3) is 0 Å². The summed E-state index contributed by atoms with van der Waals surface area (Å²) in [4.78, 5) is 0. The number of ether oxygens (including phenoxy) is 1. The van der Waals surface area contributed by atoms with E-state index in [4.69, 9.17) is 10.5 Å². The highest BCUT2D eigenvalue weighted by molar-refractivity contribution is 9.10. The van der Waals surface area contributed by atoms with Crippen LogP contribution in [0.1, 0.15) is 25.5 Å². The Kier molecular flexibility index (Phi) is 4.36. The monoisotopic (exact) mass is 269 g/mol. The highest BCUT2D eigenvalue weighted by atomic mass is 79.9. The molecule has 1 aromatic carbocycles.